The average Bonchev–Trinajstić information content (AvgIpc) is 2.77. The Morgan fingerprint density at radius 2 is 1.86 bits per heavy atom. The molecular formula is C5H8N8S. The fourth-order valence-electron chi connectivity index (χ4n) is 1.02. The number of tetrazole rings is 2. The molecule has 0 unspecified atom stereocenters. The van der Waals surface area contributed by atoms with Crippen molar-refractivity contribution in [3.8, 4) is 0 Å². The second kappa shape index (κ2) is 3.70. The molecule has 0 aliphatic carbocycles. The monoisotopic (exact) mass is 212 g/mol. The second-order valence-electron chi connectivity index (χ2n) is 2.55. The predicted octanol–water partition coefficient (Wildman–Crippen LogP) is -0.984. The molecule has 0 saturated heterocycles. The van der Waals surface area contributed by atoms with Gasteiger partial charge in [-0.1, -0.05) is 0 Å². The highest BCUT2D eigenvalue weighted by Crippen LogP contribution is 2.01. The van der Waals surface area contributed by atoms with Crippen LogP contribution in [0.3, 0.4) is 0 Å². The van der Waals surface area contributed by atoms with Crippen molar-refractivity contribution in [1.82, 2.24) is 40.4 Å². The maximum atomic E-state index is 4.07. The molecule has 0 N–H and O–H groups in total. The molecule has 2 aromatic heterocycles. The summed E-state index contributed by atoms with van der Waals surface area (Å²) in [4.78, 5) is 0. The van der Waals surface area contributed by atoms with Crippen molar-refractivity contribution in [2.24, 2.45) is 0 Å². The van der Waals surface area contributed by atoms with Gasteiger partial charge in [0.15, 0.2) is 5.82 Å². The molecule has 0 aromatic carbocycles. The highest BCUT2D eigenvalue weighted by atomic mass is 32.1. The van der Waals surface area contributed by atoms with Crippen molar-refractivity contribution in [1.29, 1.82) is 0 Å². The molecule has 2 heterocycles. The lowest BCUT2D eigenvalue weighted by molar-refractivity contribution is 0.532. The van der Waals surface area contributed by atoms with Crippen LogP contribution in [0.25, 0.3) is 0 Å². The fraction of sp³-hybridized carbons (Fsp3) is 0.600. The van der Waals surface area contributed by atoms with Gasteiger partial charge in [0.1, 0.15) is 6.54 Å². The van der Waals surface area contributed by atoms with Crippen LogP contribution in [-0.2, 0) is 13.1 Å². The van der Waals surface area contributed by atoms with Gasteiger partial charge in [-0.2, -0.15) is 0 Å². The van der Waals surface area contributed by atoms with E-state index in [-0.39, 0.29) is 0 Å². The van der Waals surface area contributed by atoms with E-state index in [0.717, 1.165) is 0 Å². The lowest BCUT2D eigenvalue weighted by Crippen LogP contribution is -2.10. The molecule has 74 valence electrons. The van der Waals surface area contributed by atoms with Gasteiger partial charge in [-0.25, -0.2) is 9.36 Å². The maximum absolute atomic E-state index is 4.07. The Kier molecular flexibility index (Phi) is 2.39. The van der Waals surface area contributed by atoms with Crippen LogP contribution < -0.4 is 0 Å². The third-order valence-corrected chi connectivity index (χ3v) is 2.03. The van der Waals surface area contributed by atoms with E-state index >= 15 is 0 Å². The van der Waals surface area contributed by atoms with Crippen LogP contribution in [0.15, 0.2) is 5.16 Å². The zero-order valence-electron chi connectivity index (χ0n) is 7.44. The molecule has 8 nitrogen and oxygen atoms in total. The first kappa shape index (κ1) is 9.06. The van der Waals surface area contributed by atoms with Gasteiger partial charge in [0.2, 0.25) is 5.16 Å². The normalized spacial score (nSPS) is 10.7. The summed E-state index contributed by atoms with van der Waals surface area (Å²) >= 11 is 4.07. The van der Waals surface area contributed by atoms with E-state index in [4.69, 9.17) is 0 Å². The smallest absolute Gasteiger partial charge is 0.206 e. The van der Waals surface area contributed by atoms with Crippen LogP contribution >= 0.6 is 12.6 Å². The van der Waals surface area contributed by atoms with Crippen LogP contribution in [0.4, 0.5) is 0 Å². The number of aryl methyl sites for hydroxylation is 1. The summed E-state index contributed by atoms with van der Waals surface area (Å²) in [5.74, 6) is 0.704. The van der Waals surface area contributed by atoms with Gasteiger partial charge < -0.3 is 0 Å². The van der Waals surface area contributed by atoms with Crippen LogP contribution in [-0.4, -0.2) is 40.4 Å². The number of rotatable bonds is 3. The fourth-order valence-corrected chi connectivity index (χ4v) is 1.17. The van der Waals surface area contributed by atoms with Crippen molar-refractivity contribution >= 4 is 12.6 Å². The molecule has 0 saturated carbocycles. The first-order valence-electron chi connectivity index (χ1n) is 4.01. The quantitative estimate of drug-likeness (QED) is 0.658. The molecule has 0 aliphatic heterocycles. The third kappa shape index (κ3) is 1.58. The van der Waals surface area contributed by atoms with Crippen LogP contribution in [0.1, 0.15) is 12.7 Å². The summed E-state index contributed by atoms with van der Waals surface area (Å²) in [6.45, 7) is 3.10. The van der Waals surface area contributed by atoms with Gasteiger partial charge in [0, 0.05) is 6.54 Å². The Morgan fingerprint density at radius 1 is 1.14 bits per heavy atom. The molecule has 0 fully saturated rings. The summed E-state index contributed by atoms with van der Waals surface area (Å²) in [5.41, 5.74) is 0. The van der Waals surface area contributed by atoms with Crippen molar-refractivity contribution in [3.05, 3.63) is 5.82 Å². The van der Waals surface area contributed by atoms with Gasteiger partial charge in [-0.3, -0.25) is 0 Å². The molecule has 9 heteroatoms. The van der Waals surface area contributed by atoms with Crippen molar-refractivity contribution in [2.45, 2.75) is 25.2 Å². The molecule has 0 radical (unpaired) electrons. The first-order chi connectivity index (χ1) is 6.81. The van der Waals surface area contributed by atoms with Crippen LogP contribution in [0.5, 0.6) is 0 Å². The average molecular weight is 212 g/mol. The first-order valence-corrected chi connectivity index (χ1v) is 4.46. The van der Waals surface area contributed by atoms with Gasteiger partial charge in [-0.05, 0) is 27.8 Å². The van der Waals surface area contributed by atoms with Crippen molar-refractivity contribution < 1.29 is 0 Å². The molecule has 14 heavy (non-hydrogen) atoms. The lowest BCUT2D eigenvalue weighted by atomic mass is 10.6. The minimum absolute atomic E-state index is 0.423. The largest absolute Gasteiger partial charge is 0.228 e. The molecule has 0 spiro atoms. The summed E-state index contributed by atoms with van der Waals surface area (Å²) in [5, 5.41) is 22.5. The van der Waals surface area contributed by atoms with E-state index in [1.54, 1.807) is 4.68 Å². The van der Waals surface area contributed by atoms with E-state index in [1.165, 1.54) is 4.68 Å². The van der Waals surface area contributed by atoms with E-state index < -0.39 is 0 Å². The van der Waals surface area contributed by atoms with Gasteiger partial charge in [0.25, 0.3) is 0 Å². The standard InChI is InChI=1S/C5H8N8S/c1-2-12-4(6-8-10-12)3-13-5(14)7-9-11-13/h2-3H2,1H3,(H,7,11,14). The topological polar surface area (TPSA) is 87.2 Å². The third-order valence-electron chi connectivity index (χ3n) is 1.71. The maximum Gasteiger partial charge on any atom is 0.206 e. The summed E-state index contributed by atoms with van der Waals surface area (Å²) < 4.78 is 3.19. The highest BCUT2D eigenvalue weighted by molar-refractivity contribution is 7.80. The van der Waals surface area contributed by atoms with E-state index in [1.807, 2.05) is 6.92 Å². The number of thiol groups is 1. The summed E-state index contributed by atoms with van der Waals surface area (Å²) in [6.07, 6.45) is 0. The molecule has 2 aromatic rings. The molecular weight excluding hydrogens is 204 g/mol. The molecule has 0 aliphatic rings. The zero-order chi connectivity index (χ0) is 9.97. The molecule has 0 atom stereocenters. The second-order valence-corrected chi connectivity index (χ2v) is 2.95. The number of aromatic nitrogens is 8. The Labute approximate surface area is 84.7 Å². The minimum Gasteiger partial charge on any atom is -0.228 e. The van der Waals surface area contributed by atoms with Gasteiger partial charge in [0.05, 0.1) is 0 Å². The lowest BCUT2D eigenvalue weighted by Gasteiger charge is -2.00. The summed E-state index contributed by atoms with van der Waals surface area (Å²) in [6, 6.07) is 0. The van der Waals surface area contributed by atoms with Crippen molar-refractivity contribution in [2.75, 3.05) is 0 Å². The van der Waals surface area contributed by atoms with Gasteiger partial charge in [-0.15, -0.1) is 22.8 Å². The van der Waals surface area contributed by atoms with Crippen LogP contribution in [0.2, 0.25) is 0 Å². The minimum atomic E-state index is 0.423. The van der Waals surface area contributed by atoms with E-state index in [2.05, 4.69) is 43.7 Å². The Balaban J connectivity index is 2.22. The summed E-state index contributed by atoms with van der Waals surface area (Å²) in [7, 11) is 0. The zero-order valence-corrected chi connectivity index (χ0v) is 8.33. The van der Waals surface area contributed by atoms with E-state index in [0.29, 0.717) is 24.1 Å². The predicted molar refractivity (Wildman–Crippen MR) is 47.7 cm³/mol. The number of hydrogen-bond acceptors (Lipinski definition) is 7. The van der Waals surface area contributed by atoms with Gasteiger partial charge >= 0.3 is 0 Å². The Bertz CT molecular complexity index is 419. The number of hydrogen-bond donors (Lipinski definition) is 1. The Morgan fingerprint density at radius 3 is 2.50 bits per heavy atom. The van der Waals surface area contributed by atoms with Crippen LogP contribution in [0, 0.1) is 0 Å². The SMILES string of the molecule is CCn1nnnc1Cn1nnnc1S. The Hall–Kier alpha value is -1.51. The molecule has 0 amide bonds. The molecule has 0 bridgehead atoms. The molecule has 2 rings (SSSR count). The van der Waals surface area contributed by atoms with E-state index in [9.17, 15) is 0 Å². The highest BCUT2D eigenvalue weighted by Gasteiger charge is 2.08. The number of nitrogens with zero attached hydrogens (tertiary/aromatic N) is 8. The van der Waals surface area contributed by atoms with Crippen molar-refractivity contribution in [3.63, 3.8) is 0 Å².